The summed E-state index contributed by atoms with van der Waals surface area (Å²) in [6.07, 6.45) is -0.132. The number of imide groups is 1. The zero-order chi connectivity index (χ0) is 26.3. The van der Waals surface area contributed by atoms with E-state index in [1.54, 1.807) is 36.4 Å². The monoisotopic (exact) mass is 563 g/mol. The fraction of sp³-hybridized carbons (Fsp3) is 0.222. The normalized spacial score (nSPS) is 24.8. The predicted octanol–water partition coefficient (Wildman–Crippen LogP) is 3.87. The Kier molecular flexibility index (Phi) is 6.38. The Morgan fingerprint density at radius 2 is 1.62 bits per heavy atom. The highest BCUT2D eigenvalue weighted by molar-refractivity contribution is 9.10. The molecule has 0 bridgehead atoms. The van der Waals surface area contributed by atoms with E-state index in [9.17, 15) is 29.6 Å². The van der Waals surface area contributed by atoms with Gasteiger partial charge in [-0.2, -0.15) is 0 Å². The molecule has 4 atom stereocenters. The van der Waals surface area contributed by atoms with Gasteiger partial charge in [0.15, 0.2) is 0 Å². The van der Waals surface area contributed by atoms with Crippen LogP contribution in [0.3, 0.4) is 0 Å². The zero-order valence-electron chi connectivity index (χ0n) is 19.4. The summed E-state index contributed by atoms with van der Waals surface area (Å²) in [5, 5.41) is 24.8. The number of carboxylic acid groups (broad SMARTS) is 1. The number of fused-ring (bicyclic) bond motifs is 1. The maximum atomic E-state index is 13.8. The Morgan fingerprint density at radius 1 is 0.973 bits per heavy atom. The average Bonchev–Trinajstić information content (AvgIpc) is 3.35. The van der Waals surface area contributed by atoms with Crippen molar-refractivity contribution in [3.8, 4) is 0 Å². The number of hydrogen-bond acceptors (Lipinski definition) is 6. The number of hydrogen-bond donors (Lipinski definition) is 2. The summed E-state index contributed by atoms with van der Waals surface area (Å²) in [5.74, 6) is -4.32. The number of rotatable bonds is 7. The van der Waals surface area contributed by atoms with Crippen LogP contribution >= 0.6 is 15.9 Å². The van der Waals surface area contributed by atoms with Crippen LogP contribution in [0.2, 0.25) is 0 Å². The summed E-state index contributed by atoms with van der Waals surface area (Å²) < 4.78 is 0.820. The van der Waals surface area contributed by atoms with Crippen molar-refractivity contribution in [2.45, 2.75) is 24.5 Å². The summed E-state index contributed by atoms with van der Waals surface area (Å²) in [6.45, 7) is 0.0474. The van der Waals surface area contributed by atoms with E-state index in [1.807, 2.05) is 18.2 Å². The van der Waals surface area contributed by atoms with E-state index in [0.717, 1.165) is 14.9 Å². The molecule has 10 heteroatoms. The first-order chi connectivity index (χ1) is 17.7. The van der Waals surface area contributed by atoms with Crippen LogP contribution in [0.1, 0.15) is 22.7 Å². The molecular formula is C27H22BrN3O6. The lowest BCUT2D eigenvalue weighted by Crippen LogP contribution is -2.57. The molecule has 9 nitrogen and oxygen atoms in total. The van der Waals surface area contributed by atoms with Crippen LogP contribution in [0, 0.1) is 22.0 Å². The topological polar surface area (TPSA) is 130 Å². The Bertz CT molecular complexity index is 1380. The van der Waals surface area contributed by atoms with Gasteiger partial charge in [-0.3, -0.25) is 34.7 Å². The highest BCUT2D eigenvalue weighted by atomic mass is 79.9. The minimum Gasteiger partial charge on any atom is -0.480 e. The Morgan fingerprint density at radius 3 is 2.22 bits per heavy atom. The minimum absolute atomic E-state index is 0.0474. The number of benzene rings is 3. The van der Waals surface area contributed by atoms with Crippen molar-refractivity contribution < 1.29 is 24.4 Å². The lowest BCUT2D eigenvalue weighted by atomic mass is 9.76. The molecule has 5 rings (SSSR count). The summed E-state index contributed by atoms with van der Waals surface area (Å²) in [5.41, 5.74) is 0.0228. The quantitative estimate of drug-likeness (QED) is 0.253. The SMILES string of the molecule is O=C1C2C(c3ccc(Br)cc3)NC(Cc3ccc([N+](=O)[O-])cc3)(C(=O)O)C2C(=O)N1Cc1ccccc1. The Hall–Kier alpha value is -3.89. The van der Waals surface area contributed by atoms with Crippen LogP contribution < -0.4 is 5.32 Å². The number of nitro groups is 1. The van der Waals surface area contributed by atoms with E-state index in [-0.39, 0.29) is 18.7 Å². The van der Waals surface area contributed by atoms with Crippen molar-refractivity contribution in [3.05, 3.63) is 110 Å². The number of non-ortho nitro benzene ring substituents is 1. The van der Waals surface area contributed by atoms with Crippen molar-refractivity contribution in [2.75, 3.05) is 0 Å². The number of nitrogens with zero attached hydrogens (tertiary/aromatic N) is 2. The van der Waals surface area contributed by atoms with Crippen molar-refractivity contribution >= 4 is 39.4 Å². The van der Waals surface area contributed by atoms with E-state index >= 15 is 0 Å². The summed E-state index contributed by atoms with van der Waals surface area (Å²) in [4.78, 5) is 52.1. The summed E-state index contributed by atoms with van der Waals surface area (Å²) >= 11 is 3.39. The second-order valence-corrected chi connectivity index (χ2v) is 10.2. The smallest absolute Gasteiger partial charge is 0.325 e. The second kappa shape index (κ2) is 9.53. The number of aliphatic carboxylic acids is 1. The number of halogens is 1. The molecule has 3 aromatic rings. The van der Waals surface area contributed by atoms with Gasteiger partial charge in [-0.25, -0.2) is 0 Å². The number of nitrogens with one attached hydrogen (secondary N) is 1. The molecule has 2 aliphatic heterocycles. The van der Waals surface area contributed by atoms with Gasteiger partial charge in [0.2, 0.25) is 11.8 Å². The molecule has 0 saturated carbocycles. The number of nitro benzene ring substituents is 1. The fourth-order valence-electron chi connectivity index (χ4n) is 5.43. The fourth-order valence-corrected chi connectivity index (χ4v) is 5.70. The van der Waals surface area contributed by atoms with Crippen LogP contribution in [-0.4, -0.2) is 38.3 Å². The molecule has 2 fully saturated rings. The van der Waals surface area contributed by atoms with Gasteiger partial charge in [-0.15, -0.1) is 0 Å². The van der Waals surface area contributed by atoms with Gasteiger partial charge >= 0.3 is 5.97 Å². The Labute approximate surface area is 220 Å². The van der Waals surface area contributed by atoms with Gasteiger partial charge in [0.05, 0.1) is 23.3 Å². The second-order valence-electron chi connectivity index (χ2n) is 9.30. The van der Waals surface area contributed by atoms with Crippen LogP contribution in [0.25, 0.3) is 0 Å². The summed E-state index contributed by atoms with van der Waals surface area (Å²) in [7, 11) is 0. The number of amides is 2. The van der Waals surface area contributed by atoms with E-state index in [1.165, 1.54) is 24.3 Å². The molecule has 3 aromatic carbocycles. The first-order valence-electron chi connectivity index (χ1n) is 11.6. The van der Waals surface area contributed by atoms with Crippen LogP contribution in [0.15, 0.2) is 83.3 Å². The molecule has 0 aliphatic carbocycles. The average molecular weight is 564 g/mol. The van der Waals surface area contributed by atoms with E-state index in [0.29, 0.717) is 11.1 Å². The van der Waals surface area contributed by atoms with Gasteiger partial charge in [-0.1, -0.05) is 70.5 Å². The molecule has 188 valence electrons. The molecule has 0 radical (unpaired) electrons. The van der Waals surface area contributed by atoms with Crippen LogP contribution in [0.5, 0.6) is 0 Å². The number of carbonyl (C=O) groups excluding carboxylic acids is 2. The number of carbonyl (C=O) groups is 3. The van der Waals surface area contributed by atoms with Crippen molar-refractivity contribution in [2.24, 2.45) is 11.8 Å². The van der Waals surface area contributed by atoms with Gasteiger partial charge < -0.3 is 5.11 Å². The maximum absolute atomic E-state index is 13.8. The molecule has 2 amide bonds. The lowest BCUT2D eigenvalue weighted by Gasteiger charge is -2.31. The Balaban J connectivity index is 1.58. The maximum Gasteiger partial charge on any atom is 0.325 e. The molecule has 37 heavy (non-hydrogen) atoms. The van der Waals surface area contributed by atoms with Gasteiger partial charge in [-0.05, 0) is 28.8 Å². The molecule has 4 unspecified atom stereocenters. The number of carboxylic acids is 1. The predicted molar refractivity (Wildman–Crippen MR) is 136 cm³/mol. The third-order valence-corrected chi connectivity index (χ3v) is 7.70. The molecule has 2 N–H and O–H groups in total. The van der Waals surface area contributed by atoms with Crippen LogP contribution in [0.4, 0.5) is 5.69 Å². The lowest BCUT2D eigenvalue weighted by molar-refractivity contribution is -0.384. The molecule has 0 spiro atoms. The standard InChI is InChI=1S/C27H22BrN3O6/c28-19-10-8-18(9-11-19)23-21-22(25(33)30(24(21)32)15-17-4-2-1-3-5-17)27(29-23,26(34)35)14-16-6-12-20(13-7-16)31(36)37/h1-13,21-23,29H,14-15H2,(H,34,35). The van der Waals surface area contributed by atoms with E-state index in [4.69, 9.17) is 0 Å². The molecule has 2 aliphatic rings. The van der Waals surface area contributed by atoms with E-state index < -0.39 is 46.1 Å². The largest absolute Gasteiger partial charge is 0.480 e. The van der Waals surface area contributed by atoms with Crippen molar-refractivity contribution in [1.29, 1.82) is 0 Å². The molecule has 2 heterocycles. The first-order valence-corrected chi connectivity index (χ1v) is 12.4. The van der Waals surface area contributed by atoms with Gasteiger partial charge in [0, 0.05) is 29.1 Å². The van der Waals surface area contributed by atoms with Crippen molar-refractivity contribution in [3.63, 3.8) is 0 Å². The van der Waals surface area contributed by atoms with Gasteiger partial charge in [0.25, 0.3) is 5.69 Å². The van der Waals surface area contributed by atoms with Crippen LogP contribution in [-0.2, 0) is 27.3 Å². The molecular weight excluding hydrogens is 542 g/mol. The first kappa shape index (κ1) is 24.8. The van der Waals surface area contributed by atoms with Crippen molar-refractivity contribution in [1.82, 2.24) is 10.2 Å². The third-order valence-electron chi connectivity index (χ3n) is 7.17. The highest BCUT2D eigenvalue weighted by Gasteiger charge is 2.68. The highest BCUT2D eigenvalue weighted by Crippen LogP contribution is 2.50. The molecule has 0 aromatic heterocycles. The minimum atomic E-state index is -1.79. The summed E-state index contributed by atoms with van der Waals surface area (Å²) in [6, 6.07) is 21.1. The third kappa shape index (κ3) is 4.32. The van der Waals surface area contributed by atoms with Gasteiger partial charge in [0.1, 0.15) is 5.54 Å². The number of likely N-dealkylation sites (tertiary alicyclic amines) is 1. The van der Waals surface area contributed by atoms with E-state index in [2.05, 4.69) is 21.2 Å². The molecule has 2 saturated heterocycles. The zero-order valence-corrected chi connectivity index (χ0v) is 21.0.